The van der Waals surface area contributed by atoms with E-state index in [9.17, 15) is 9.59 Å². The maximum atomic E-state index is 13.4. The first-order chi connectivity index (χ1) is 15.9. The Labute approximate surface area is 208 Å². The van der Waals surface area contributed by atoms with Crippen LogP contribution in [-0.4, -0.2) is 47.5 Å². The average Bonchev–Trinajstić information content (AvgIpc) is 2.77. The van der Waals surface area contributed by atoms with Gasteiger partial charge in [0.25, 0.3) is 0 Å². The summed E-state index contributed by atoms with van der Waals surface area (Å²) in [5.74, 6) is 1.99. The second-order valence-corrected chi connectivity index (χ2v) is 10.9. The molecule has 2 amide bonds. The molecular weight excluding hydrogens is 452 g/mol. The van der Waals surface area contributed by atoms with Gasteiger partial charge in [-0.3, -0.25) is 10.2 Å². The standard InChI is InChI=1S/C26H36N4O3.ClH/c27-23(28)21-6-4-5-17(12-21)13-22(24(31)30-7-2-1-3-8-30)29-25(32)33-26-14-18-9-19(15-26)11-20(10-18)16-26;/h4-6,12,18-20,22H,1-3,7-11,13-16H2,(H3,27,28)(H,29,32);1H/t18?,19?,20?,22-,26?;/m0./s1. The summed E-state index contributed by atoms with van der Waals surface area (Å²) in [6, 6.07) is 6.66. The molecule has 4 aliphatic carbocycles. The average molecular weight is 489 g/mol. The molecule has 0 radical (unpaired) electrons. The number of halogens is 1. The number of benzene rings is 1. The van der Waals surface area contributed by atoms with E-state index >= 15 is 0 Å². The molecule has 4 bridgehead atoms. The largest absolute Gasteiger partial charge is 0.443 e. The first-order valence-electron chi connectivity index (χ1n) is 12.6. The summed E-state index contributed by atoms with van der Waals surface area (Å²) >= 11 is 0. The van der Waals surface area contributed by atoms with E-state index in [4.69, 9.17) is 15.9 Å². The van der Waals surface area contributed by atoms with E-state index < -0.39 is 12.1 Å². The minimum absolute atomic E-state index is 0. The first-order valence-corrected chi connectivity index (χ1v) is 12.6. The molecule has 5 aliphatic rings. The van der Waals surface area contributed by atoms with Gasteiger partial charge in [0.05, 0.1) is 0 Å². The summed E-state index contributed by atoms with van der Waals surface area (Å²) in [5.41, 5.74) is 6.80. The molecule has 1 aromatic rings. The lowest BCUT2D eigenvalue weighted by Crippen LogP contribution is -2.56. The van der Waals surface area contributed by atoms with Gasteiger partial charge >= 0.3 is 6.09 Å². The zero-order valence-corrected chi connectivity index (χ0v) is 20.6. The molecule has 1 heterocycles. The number of amidine groups is 1. The zero-order chi connectivity index (χ0) is 23.0. The van der Waals surface area contributed by atoms with Gasteiger partial charge in [-0.1, -0.05) is 18.2 Å². The van der Waals surface area contributed by atoms with Crippen molar-refractivity contribution >= 4 is 30.2 Å². The van der Waals surface area contributed by atoms with Gasteiger partial charge in [0.2, 0.25) is 5.91 Å². The summed E-state index contributed by atoms with van der Waals surface area (Å²) in [5, 5.41) is 10.7. The molecule has 1 aliphatic heterocycles. The number of ether oxygens (including phenoxy) is 1. The van der Waals surface area contributed by atoms with Gasteiger partial charge in [-0.25, -0.2) is 4.79 Å². The van der Waals surface area contributed by atoms with Crippen LogP contribution in [0.5, 0.6) is 0 Å². The highest BCUT2D eigenvalue weighted by Crippen LogP contribution is 2.57. The Morgan fingerprint density at radius 1 is 1.09 bits per heavy atom. The molecule has 0 aromatic heterocycles. The highest BCUT2D eigenvalue weighted by molar-refractivity contribution is 5.95. The number of amides is 2. The van der Waals surface area contributed by atoms with Gasteiger partial charge in [-0.2, -0.15) is 0 Å². The van der Waals surface area contributed by atoms with Crippen LogP contribution in [0, 0.1) is 23.2 Å². The third kappa shape index (κ3) is 5.35. The van der Waals surface area contributed by atoms with Gasteiger partial charge in [-0.15, -0.1) is 12.4 Å². The Morgan fingerprint density at radius 2 is 1.71 bits per heavy atom. The number of rotatable bonds is 6. The number of nitrogens with one attached hydrogen (secondary N) is 2. The van der Waals surface area contributed by atoms with E-state index in [1.54, 1.807) is 6.07 Å². The fourth-order valence-corrected chi connectivity index (χ4v) is 7.16. The minimum Gasteiger partial charge on any atom is -0.443 e. The Morgan fingerprint density at radius 3 is 2.29 bits per heavy atom. The van der Waals surface area contributed by atoms with Crippen LogP contribution in [-0.2, 0) is 16.0 Å². The van der Waals surface area contributed by atoms with Crippen LogP contribution in [0.25, 0.3) is 0 Å². The maximum absolute atomic E-state index is 13.4. The third-order valence-electron chi connectivity index (χ3n) is 8.23. The number of piperidine rings is 1. The second kappa shape index (κ2) is 10.1. The quantitative estimate of drug-likeness (QED) is 0.415. The highest BCUT2D eigenvalue weighted by Gasteiger charge is 2.53. The van der Waals surface area contributed by atoms with Crippen molar-refractivity contribution in [3.8, 4) is 0 Å². The molecule has 1 atom stereocenters. The summed E-state index contributed by atoms with van der Waals surface area (Å²) in [6.07, 6.45) is 9.78. The van der Waals surface area contributed by atoms with E-state index in [2.05, 4.69) is 5.32 Å². The summed E-state index contributed by atoms with van der Waals surface area (Å²) in [4.78, 5) is 28.4. The van der Waals surface area contributed by atoms with Crippen LogP contribution in [0.3, 0.4) is 0 Å². The highest BCUT2D eigenvalue weighted by atomic mass is 35.5. The Kier molecular flexibility index (Phi) is 7.41. The minimum atomic E-state index is -0.688. The molecule has 1 aromatic carbocycles. The molecule has 34 heavy (non-hydrogen) atoms. The number of nitrogens with two attached hydrogens (primary N) is 1. The van der Waals surface area contributed by atoms with Gasteiger partial charge in [0, 0.05) is 25.1 Å². The fraction of sp³-hybridized carbons (Fsp3) is 0.654. The second-order valence-electron chi connectivity index (χ2n) is 10.9. The smallest absolute Gasteiger partial charge is 0.408 e. The molecule has 6 rings (SSSR count). The number of likely N-dealkylation sites (tertiary alicyclic amines) is 1. The number of carbonyl (C=O) groups is 2. The van der Waals surface area contributed by atoms with Gasteiger partial charge in [-0.05, 0) is 87.2 Å². The molecule has 4 saturated carbocycles. The van der Waals surface area contributed by atoms with E-state index in [0.717, 1.165) is 57.2 Å². The van der Waals surface area contributed by atoms with Crippen molar-refractivity contribution in [2.24, 2.45) is 23.5 Å². The monoisotopic (exact) mass is 488 g/mol. The Balaban J connectivity index is 0.00000274. The fourth-order valence-electron chi connectivity index (χ4n) is 7.16. The SMILES string of the molecule is Cl.N=C(N)c1cccc(C[C@H](NC(=O)OC23CC4CC(CC(C4)C2)C3)C(=O)N2CCCCC2)c1. The van der Waals surface area contributed by atoms with E-state index in [-0.39, 0.29) is 29.8 Å². The van der Waals surface area contributed by atoms with Gasteiger partial charge < -0.3 is 20.7 Å². The number of alkyl carbamates (subject to hydrolysis) is 1. The van der Waals surface area contributed by atoms with Crippen LogP contribution >= 0.6 is 12.4 Å². The van der Waals surface area contributed by atoms with E-state index in [1.807, 2.05) is 23.1 Å². The third-order valence-corrected chi connectivity index (χ3v) is 8.23. The lowest BCUT2D eigenvalue weighted by Gasteiger charge is -2.55. The van der Waals surface area contributed by atoms with E-state index in [0.29, 0.717) is 29.7 Å². The topological polar surface area (TPSA) is 109 Å². The molecule has 186 valence electrons. The molecule has 1 saturated heterocycles. The van der Waals surface area contributed by atoms with Crippen molar-refractivity contribution in [1.82, 2.24) is 10.2 Å². The molecule has 0 unspecified atom stereocenters. The van der Waals surface area contributed by atoms with Crippen molar-refractivity contribution in [3.05, 3.63) is 35.4 Å². The van der Waals surface area contributed by atoms with Crippen LogP contribution < -0.4 is 11.1 Å². The van der Waals surface area contributed by atoms with Crippen molar-refractivity contribution in [2.45, 2.75) is 75.9 Å². The number of hydrogen-bond acceptors (Lipinski definition) is 4. The molecule has 4 N–H and O–H groups in total. The normalized spacial score (nSPS) is 30.2. The van der Waals surface area contributed by atoms with Crippen LogP contribution in [0.15, 0.2) is 24.3 Å². The Hall–Kier alpha value is -2.28. The Bertz CT molecular complexity index is 895. The van der Waals surface area contributed by atoms with Crippen molar-refractivity contribution in [1.29, 1.82) is 5.41 Å². The first kappa shape index (κ1) is 24.8. The number of nitrogen functional groups attached to an aromatic ring is 1. The number of nitrogens with zero attached hydrogens (tertiary/aromatic N) is 1. The van der Waals surface area contributed by atoms with Crippen molar-refractivity contribution in [2.75, 3.05) is 13.1 Å². The van der Waals surface area contributed by atoms with Gasteiger partial charge in [0.1, 0.15) is 17.5 Å². The summed E-state index contributed by atoms with van der Waals surface area (Å²) < 4.78 is 6.14. The molecular formula is C26H37ClN4O3. The predicted octanol–water partition coefficient (Wildman–Crippen LogP) is 4.01. The van der Waals surface area contributed by atoms with Crippen LogP contribution in [0.2, 0.25) is 0 Å². The predicted molar refractivity (Wildman–Crippen MR) is 133 cm³/mol. The zero-order valence-electron chi connectivity index (χ0n) is 19.8. The lowest BCUT2D eigenvalue weighted by atomic mass is 9.54. The molecule has 0 spiro atoms. The molecule has 8 heteroatoms. The molecule has 5 fully saturated rings. The van der Waals surface area contributed by atoms with E-state index in [1.165, 1.54) is 19.3 Å². The van der Waals surface area contributed by atoms with Gasteiger partial charge in [0.15, 0.2) is 0 Å². The van der Waals surface area contributed by atoms with Crippen molar-refractivity contribution < 1.29 is 14.3 Å². The number of carbonyl (C=O) groups excluding carboxylic acids is 2. The molecule has 7 nitrogen and oxygen atoms in total. The summed E-state index contributed by atoms with van der Waals surface area (Å²) in [6.45, 7) is 1.46. The van der Waals surface area contributed by atoms with Crippen LogP contribution in [0.1, 0.15) is 68.9 Å². The summed E-state index contributed by atoms with van der Waals surface area (Å²) in [7, 11) is 0. The maximum Gasteiger partial charge on any atom is 0.408 e. The van der Waals surface area contributed by atoms with Crippen LogP contribution in [0.4, 0.5) is 4.79 Å². The van der Waals surface area contributed by atoms with Crippen molar-refractivity contribution in [3.63, 3.8) is 0 Å². The lowest BCUT2D eigenvalue weighted by molar-refractivity contribution is -0.137. The number of hydrogen-bond donors (Lipinski definition) is 3.